The van der Waals surface area contributed by atoms with Gasteiger partial charge in [-0.1, -0.05) is 27.7 Å². The van der Waals surface area contributed by atoms with Gasteiger partial charge in [0, 0.05) is 0 Å². The zero-order valence-corrected chi connectivity index (χ0v) is 12.1. The zero-order chi connectivity index (χ0) is 7.21. The molecule has 0 aliphatic rings. The van der Waals surface area contributed by atoms with Gasteiger partial charge in [-0.2, -0.15) is 0 Å². The van der Waals surface area contributed by atoms with Crippen molar-refractivity contribution in [2.24, 2.45) is 5.41 Å². The van der Waals surface area contributed by atoms with Gasteiger partial charge < -0.3 is 0 Å². The van der Waals surface area contributed by atoms with E-state index in [4.69, 9.17) is 0 Å². The van der Waals surface area contributed by atoms with E-state index in [1.165, 1.54) is 0 Å². The van der Waals surface area contributed by atoms with Crippen molar-refractivity contribution < 1.29 is 13.3 Å². The van der Waals surface area contributed by atoms with Crippen molar-refractivity contribution in [3.8, 4) is 0 Å². The summed E-state index contributed by atoms with van der Waals surface area (Å²) in [6, 6.07) is 0. The van der Waals surface area contributed by atoms with Crippen LogP contribution in [0.5, 0.6) is 0 Å². The predicted octanol–water partition coefficient (Wildman–Crippen LogP) is 0.828. The second-order valence-corrected chi connectivity index (χ2v) is 19.3. The predicted molar refractivity (Wildman–Crippen MR) is 53.2 cm³/mol. The van der Waals surface area contributed by atoms with Gasteiger partial charge in [0.1, 0.15) is 0 Å². The molecule has 0 saturated heterocycles. The second-order valence-electron chi connectivity index (χ2n) is 3.05. The molecular formula is C5H12I3-. The van der Waals surface area contributed by atoms with Crippen LogP contribution in [0.1, 0.15) is 27.7 Å². The maximum absolute atomic E-state index is 2.39. The van der Waals surface area contributed by atoms with Gasteiger partial charge in [-0.25, -0.2) is 0 Å². The SMILES string of the molecule is CC(C)(C)C.I[I-]I. The van der Waals surface area contributed by atoms with Gasteiger partial charge in [-0.15, -0.1) is 0 Å². The van der Waals surface area contributed by atoms with Crippen LogP contribution in [0, 0.1) is 5.41 Å². The van der Waals surface area contributed by atoms with Crippen LogP contribution in [0.25, 0.3) is 0 Å². The number of halogens is 3. The molecule has 0 unspecified atom stereocenters. The fraction of sp³-hybridized carbons (Fsp3) is 1.00. The summed E-state index contributed by atoms with van der Waals surface area (Å²) in [5.74, 6) is 0. The summed E-state index contributed by atoms with van der Waals surface area (Å²) in [6.45, 7) is 8.75. The molecular weight excluding hydrogens is 441 g/mol. The van der Waals surface area contributed by atoms with Gasteiger partial charge in [0.15, 0.2) is 0 Å². The first-order chi connectivity index (χ1) is 3.41. The molecule has 54 valence electrons. The molecule has 0 aromatic rings. The van der Waals surface area contributed by atoms with E-state index in [0.717, 1.165) is 0 Å². The van der Waals surface area contributed by atoms with Crippen molar-refractivity contribution in [2.75, 3.05) is 0 Å². The summed E-state index contributed by atoms with van der Waals surface area (Å²) in [5, 5.41) is 0. The molecule has 0 aliphatic carbocycles. The topological polar surface area (TPSA) is 0 Å². The standard InChI is InChI=1S/C5H12.I3/c1-5(2,3)4;1-3-2/h1-4H3;/q;-1. The van der Waals surface area contributed by atoms with Gasteiger partial charge >= 0.3 is 50.5 Å². The monoisotopic (exact) mass is 453 g/mol. The van der Waals surface area contributed by atoms with Crippen molar-refractivity contribution in [3.63, 3.8) is 0 Å². The molecule has 0 aliphatic heterocycles. The average Bonchev–Trinajstić information content (AvgIpc) is 1.27. The van der Waals surface area contributed by atoms with Crippen molar-refractivity contribution in [2.45, 2.75) is 27.7 Å². The molecule has 3 heteroatoms. The quantitative estimate of drug-likeness (QED) is 0.478. The van der Waals surface area contributed by atoms with Gasteiger partial charge in [0.25, 0.3) is 0 Å². The molecule has 0 bridgehead atoms. The number of hydrogen-bond donors (Lipinski definition) is 0. The molecule has 0 fully saturated rings. The molecule has 0 radical (unpaired) electrons. The second kappa shape index (κ2) is 7.30. The summed E-state index contributed by atoms with van der Waals surface area (Å²) < 4.78 is 0. The molecule has 8 heavy (non-hydrogen) atoms. The van der Waals surface area contributed by atoms with E-state index in [1.54, 1.807) is 0 Å². The molecule has 0 aromatic carbocycles. The third kappa shape index (κ3) is 88.3. The normalized spacial score (nSPS) is 10.2. The Kier molecular flexibility index (Phi) is 11.7. The molecule has 0 spiro atoms. The van der Waals surface area contributed by atoms with E-state index in [2.05, 4.69) is 64.9 Å². The van der Waals surface area contributed by atoms with Crippen LogP contribution >= 0.6 is 37.2 Å². The van der Waals surface area contributed by atoms with Gasteiger partial charge in [-0.3, -0.25) is 0 Å². The Balaban J connectivity index is 0. The van der Waals surface area contributed by atoms with Crippen molar-refractivity contribution >= 4 is 37.2 Å². The Morgan fingerprint density at radius 1 is 1.00 bits per heavy atom. The minimum absolute atomic E-state index is 0.500. The van der Waals surface area contributed by atoms with Crippen molar-refractivity contribution in [3.05, 3.63) is 0 Å². The van der Waals surface area contributed by atoms with Crippen LogP contribution in [0.15, 0.2) is 0 Å². The molecule has 0 atom stereocenters. The van der Waals surface area contributed by atoms with Crippen LogP contribution < -0.4 is 13.3 Å². The Morgan fingerprint density at radius 3 is 1.00 bits per heavy atom. The minimum atomic E-state index is 0.500. The Hall–Kier alpha value is 2.19. The third-order valence-electron chi connectivity index (χ3n) is 0. The van der Waals surface area contributed by atoms with Gasteiger partial charge in [0.05, 0.1) is 0 Å². The van der Waals surface area contributed by atoms with E-state index < -0.39 is 0 Å². The van der Waals surface area contributed by atoms with E-state index in [0.29, 0.717) is 18.7 Å². The first-order valence-electron chi connectivity index (χ1n) is 2.29. The summed E-state index contributed by atoms with van der Waals surface area (Å²) >= 11 is 5.30. The zero-order valence-electron chi connectivity index (χ0n) is 5.63. The number of hydrogen-bond acceptors (Lipinski definition) is 0. The molecule has 0 nitrogen and oxygen atoms in total. The number of rotatable bonds is 0. The summed E-state index contributed by atoms with van der Waals surface area (Å²) in [6.07, 6.45) is 0. The molecule has 0 heterocycles. The van der Waals surface area contributed by atoms with Crippen LogP contribution in [-0.2, 0) is 0 Å². The van der Waals surface area contributed by atoms with Gasteiger partial charge in [0.2, 0.25) is 0 Å². The summed E-state index contributed by atoms with van der Waals surface area (Å²) in [5.41, 5.74) is 0.500. The molecule has 0 saturated carbocycles. The van der Waals surface area contributed by atoms with E-state index in [-0.39, 0.29) is 0 Å². The van der Waals surface area contributed by atoms with Crippen LogP contribution in [-0.4, -0.2) is 0 Å². The maximum atomic E-state index is 2.39. The Morgan fingerprint density at radius 2 is 1.00 bits per heavy atom. The fourth-order valence-electron chi connectivity index (χ4n) is 0. The summed E-state index contributed by atoms with van der Waals surface area (Å²) in [4.78, 5) is 0. The van der Waals surface area contributed by atoms with Crippen LogP contribution in [0.3, 0.4) is 0 Å². The fourth-order valence-corrected chi connectivity index (χ4v) is 0. The van der Waals surface area contributed by atoms with E-state index in [1.807, 2.05) is 0 Å². The van der Waals surface area contributed by atoms with E-state index >= 15 is 0 Å². The Bertz CT molecular complexity index is 31.4. The van der Waals surface area contributed by atoms with E-state index in [9.17, 15) is 0 Å². The van der Waals surface area contributed by atoms with Crippen LogP contribution in [0.2, 0.25) is 0 Å². The first-order valence-corrected chi connectivity index (χ1v) is 14.9. The van der Waals surface area contributed by atoms with Crippen molar-refractivity contribution in [1.29, 1.82) is 0 Å². The molecule has 0 amide bonds. The van der Waals surface area contributed by atoms with Gasteiger partial charge in [-0.05, 0) is 5.41 Å². The summed E-state index contributed by atoms with van der Waals surface area (Å²) in [7, 11) is 0. The first kappa shape index (κ1) is 12.8. The Labute approximate surface area is 82.2 Å². The molecule has 0 rings (SSSR count). The average molecular weight is 453 g/mol. The molecule has 0 N–H and O–H groups in total. The van der Waals surface area contributed by atoms with Crippen molar-refractivity contribution in [1.82, 2.24) is 0 Å². The van der Waals surface area contributed by atoms with Crippen LogP contribution in [0.4, 0.5) is 0 Å². The third-order valence-corrected chi connectivity index (χ3v) is 0. The molecule has 0 aromatic heterocycles.